The standard InChI is InChI=1S/C11H13N3S/c1-8-3-4-12-5-10(8)13-6-11-9(2)14-7-15-11/h3-5,7,13H,6H2,1-2H3. The highest BCUT2D eigenvalue weighted by atomic mass is 32.1. The van der Waals surface area contributed by atoms with Crippen molar-refractivity contribution in [2.45, 2.75) is 20.4 Å². The molecule has 0 bridgehead atoms. The zero-order valence-corrected chi connectivity index (χ0v) is 9.64. The van der Waals surface area contributed by atoms with Crippen LogP contribution in [0, 0.1) is 13.8 Å². The van der Waals surface area contributed by atoms with Crippen molar-refractivity contribution in [3.05, 3.63) is 40.1 Å². The second kappa shape index (κ2) is 4.40. The molecule has 0 atom stereocenters. The van der Waals surface area contributed by atoms with E-state index in [1.54, 1.807) is 17.5 Å². The van der Waals surface area contributed by atoms with E-state index in [9.17, 15) is 0 Å². The summed E-state index contributed by atoms with van der Waals surface area (Å²) in [6, 6.07) is 2.00. The van der Waals surface area contributed by atoms with Crippen LogP contribution >= 0.6 is 11.3 Å². The van der Waals surface area contributed by atoms with Crippen LogP contribution in [0.1, 0.15) is 16.1 Å². The van der Waals surface area contributed by atoms with Gasteiger partial charge in [-0.3, -0.25) is 4.98 Å². The fourth-order valence-corrected chi connectivity index (χ4v) is 2.04. The second-order valence-electron chi connectivity index (χ2n) is 3.41. The Kier molecular flexibility index (Phi) is 2.97. The van der Waals surface area contributed by atoms with Gasteiger partial charge in [0, 0.05) is 11.1 Å². The van der Waals surface area contributed by atoms with Crippen molar-refractivity contribution in [2.75, 3.05) is 5.32 Å². The molecule has 2 aromatic heterocycles. The first kappa shape index (κ1) is 10.1. The van der Waals surface area contributed by atoms with Crippen LogP contribution in [-0.4, -0.2) is 9.97 Å². The number of nitrogens with one attached hydrogen (secondary N) is 1. The lowest BCUT2D eigenvalue weighted by Gasteiger charge is -2.07. The van der Waals surface area contributed by atoms with Gasteiger partial charge in [0.1, 0.15) is 0 Å². The molecule has 78 valence electrons. The SMILES string of the molecule is Cc1ccncc1NCc1scnc1C. The summed E-state index contributed by atoms with van der Waals surface area (Å²) in [6.45, 7) is 4.93. The third kappa shape index (κ3) is 2.33. The largest absolute Gasteiger partial charge is 0.379 e. The molecular weight excluding hydrogens is 206 g/mol. The predicted octanol–water partition coefficient (Wildman–Crippen LogP) is 2.77. The van der Waals surface area contributed by atoms with Crippen LogP contribution in [-0.2, 0) is 6.54 Å². The van der Waals surface area contributed by atoms with Crippen LogP contribution in [0.15, 0.2) is 24.0 Å². The van der Waals surface area contributed by atoms with E-state index in [0.717, 1.165) is 17.9 Å². The summed E-state index contributed by atoms with van der Waals surface area (Å²) in [6.07, 6.45) is 3.66. The molecule has 0 aliphatic carbocycles. The minimum absolute atomic E-state index is 0.822. The van der Waals surface area contributed by atoms with Crippen molar-refractivity contribution in [2.24, 2.45) is 0 Å². The van der Waals surface area contributed by atoms with Crippen LogP contribution < -0.4 is 5.32 Å². The van der Waals surface area contributed by atoms with Gasteiger partial charge in [-0.15, -0.1) is 11.3 Å². The molecule has 0 saturated carbocycles. The second-order valence-corrected chi connectivity index (χ2v) is 4.34. The van der Waals surface area contributed by atoms with Gasteiger partial charge in [0.15, 0.2) is 0 Å². The number of aryl methyl sites for hydroxylation is 2. The summed E-state index contributed by atoms with van der Waals surface area (Å²) >= 11 is 1.68. The maximum Gasteiger partial charge on any atom is 0.0798 e. The Bertz CT molecular complexity index is 451. The molecule has 0 aliphatic rings. The van der Waals surface area contributed by atoms with Gasteiger partial charge in [-0.1, -0.05) is 0 Å². The number of rotatable bonds is 3. The third-order valence-corrected chi connectivity index (χ3v) is 3.26. The van der Waals surface area contributed by atoms with E-state index in [0.29, 0.717) is 0 Å². The van der Waals surface area contributed by atoms with Crippen LogP contribution in [0.4, 0.5) is 5.69 Å². The number of pyridine rings is 1. The molecule has 2 heterocycles. The van der Waals surface area contributed by atoms with Gasteiger partial charge in [0.2, 0.25) is 0 Å². The lowest BCUT2D eigenvalue weighted by atomic mass is 10.2. The van der Waals surface area contributed by atoms with Crippen LogP contribution in [0.5, 0.6) is 0 Å². The summed E-state index contributed by atoms with van der Waals surface area (Å²) in [5.41, 5.74) is 5.29. The Morgan fingerprint density at radius 2 is 2.27 bits per heavy atom. The highest BCUT2D eigenvalue weighted by molar-refractivity contribution is 7.09. The van der Waals surface area contributed by atoms with E-state index in [4.69, 9.17) is 0 Å². The number of nitrogens with zero attached hydrogens (tertiary/aromatic N) is 2. The van der Waals surface area contributed by atoms with Crippen molar-refractivity contribution in [3.63, 3.8) is 0 Å². The van der Waals surface area contributed by atoms with E-state index in [-0.39, 0.29) is 0 Å². The molecule has 4 heteroatoms. The first-order chi connectivity index (χ1) is 7.27. The molecule has 0 unspecified atom stereocenters. The zero-order chi connectivity index (χ0) is 10.7. The Balaban J connectivity index is 2.06. The van der Waals surface area contributed by atoms with Crippen molar-refractivity contribution >= 4 is 17.0 Å². The maximum atomic E-state index is 4.21. The highest BCUT2D eigenvalue weighted by Crippen LogP contribution is 2.16. The number of thiazole rings is 1. The Hall–Kier alpha value is -1.42. The average Bonchev–Trinajstić information content (AvgIpc) is 2.63. The molecule has 2 aromatic rings. The fourth-order valence-electron chi connectivity index (χ4n) is 1.32. The summed E-state index contributed by atoms with van der Waals surface area (Å²) in [7, 11) is 0. The first-order valence-electron chi connectivity index (χ1n) is 4.81. The number of anilines is 1. The Morgan fingerprint density at radius 3 is 2.93 bits per heavy atom. The lowest BCUT2D eigenvalue weighted by molar-refractivity contribution is 1.11. The minimum Gasteiger partial charge on any atom is -0.379 e. The van der Waals surface area contributed by atoms with Crippen molar-refractivity contribution < 1.29 is 0 Å². The van der Waals surface area contributed by atoms with Gasteiger partial charge in [-0.05, 0) is 25.5 Å². The fraction of sp³-hybridized carbons (Fsp3) is 0.273. The van der Waals surface area contributed by atoms with E-state index in [2.05, 4.69) is 22.2 Å². The normalized spacial score (nSPS) is 10.3. The summed E-state index contributed by atoms with van der Waals surface area (Å²) in [5, 5.41) is 3.36. The molecule has 1 N–H and O–H groups in total. The number of hydrogen-bond donors (Lipinski definition) is 1. The minimum atomic E-state index is 0.822. The number of aromatic nitrogens is 2. The van der Waals surface area contributed by atoms with Gasteiger partial charge in [0.25, 0.3) is 0 Å². The summed E-state index contributed by atoms with van der Waals surface area (Å²) in [5.74, 6) is 0. The van der Waals surface area contributed by atoms with Crippen LogP contribution in [0.2, 0.25) is 0 Å². The molecule has 0 aromatic carbocycles. The summed E-state index contributed by atoms with van der Waals surface area (Å²) < 4.78 is 0. The molecule has 0 radical (unpaired) electrons. The smallest absolute Gasteiger partial charge is 0.0798 e. The van der Waals surface area contributed by atoms with Crippen molar-refractivity contribution in [3.8, 4) is 0 Å². The molecule has 0 spiro atoms. The molecular formula is C11H13N3S. The molecule has 0 amide bonds. The van der Waals surface area contributed by atoms with Crippen molar-refractivity contribution in [1.29, 1.82) is 0 Å². The molecule has 3 nitrogen and oxygen atoms in total. The molecule has 0 fully saturated rings. The first-order valence-corrected chi connectivity index (χ1v) is 5.69. The van der Waals surface area contributed by atoms with Gasteiger partial charge in [-0.25, -0.2) is 4.98 Å². The summed E-state index contributed by atoms with van der Waals surface area (Å²) in [4.78, 5) is 9.58. The van der Waals surface area contributed by atoms with Gasteiger partial charge < -0.3 is 5.32 Å². The molecule has 15 heavy (non-hydrogen) atoms. The molecule has 0 saturated heterocycles. The van der Waals surface area contributed by atoms with Gasteiger partial charge in [0.05, 0.1) is 29.6 Å². The van der Waals surface area contributed by atoms with E-state index in [1.165, 1.54) is 10.4 Å². The van der Waals surface area contributed by atoms with E-state index in [1.807, 2.05) is 24.7 Å². The molecule has 2 rings (SSSR count). The van der Waals surface area contributed by atoms with Gasteiger partial charge in [-0.2, -0.15) is 0 Å². The zero-order valence-electron chi connectivity index (χ0n) is 8.82. The third-order valence-electron chi connectivity index (χ3n) is 2.32. The predicted molar refractivity (Wildman–Crippen MR) is 63.2 cm³/mol. The van der Waals surface area contributed by atoms with E-state index < -0.39 is 0 Å². The van der Waals surface area contributed by atoms with Crippen molar-refractivity contribution in [1.82, 2.24) is 9.97 Å². The number of hydrogen-bond acceptors (Lipinski definition) is 4. The topological polar surface area (TPSA) is 37.8 Å². The monoisotopic (exact) mass is 219 g/mol. The quantitative estimate of drug-likeness (QED) is 0.862. The van der Waals surface area contributed by atoms with Gasteiger partial charge >= 0.3 is 0 Å². The Morgan fingerprint density at radius 1 is 1.40 bits per heavy atom. The average molecular weight is 219 g/mol. The molecule has 0 aliphatic heterocycles. The van der Waals surface area contributed by atoms with Crippen LogP contribution in [0.3, 0.4) is 0 Å². The van der Waals surface area contributed by atoms with E-state index >= 15 is 0 Å². The highest BCUT2D eigenvalue weighted by Gasteiger charge is 2.02. The maximum absolute atomic E-state index is 4.21. The van der Waals surface area contributed by atoms with Crippen LogP contribution in [0.25, 0.3) is 0 Å². The Labute approximate surface area is 93.2 Å². The lowest BCUT2D eigenvalue weighted by Crippen LogP contribution is -2.01.